The lowest BCUT2D eigenvalue weighted by Crippen LogP contribution is -2.46. The van der Waals surface area contributed by atoms with E-state index in [4.69, 9.17) is 19.4 Å². The molecule has 0 bridgehead atoms. The minimum Gasteiger partial charge on any atom is -0.508 e. The zero-order valence-corrected chi connectivity index (χ0v) is 21.8. The summed E-state index contributed by atoms with van der Waals surface area (Å²) in [5, 5.41) is 13.0. The Bertz CT molecular complexity index is 1410. The van der Waals surface area contributed by atoms with E-state index in [1.165, 1.54) is 5.56 Å². The van der Waals surface area contributed by atoms with Gasteiger partial charge in [0, 0.05) is 45.3 Å². The zero-order chi connectivity index (χ0) is 26.1. The Morgan fingerprint density at radius 1 is 0.947 bits per heavy atom. The molecule has 2 aliphatic rings. The second-order valence-corrected chi connectivity index (χ2v) is 10.1. The standard InChI is InChI=1S/C28H33N7O3/c1-19(2)35-17-30-25-26(29-10-9-20-3-6-22(36)7-4-20)31-28(32-27(25)35)34-13-11-33(12-14-34)16-21-5-8-23-24(15-21)38-18-37-23/h3-8,15,17,19,36H,9-14,16,18H2,1-2H3,(H,29,31,32). The van der Waals surface area contributed by atoms with Crippen LogP contribution in [0.5, 0.6) is 17.2 Å². The van der Waals surface area contributed by atoms with E-state index in [2.05, 4.69) is 50.6 Å². The summed E-state index contributed by atoms with van der Waals surface area (Å²) < 4.78 is 13.1. The van der Waals surface area contributed by atoms with E-state index >= 15 is 0 Å². The summed E-state index contributed by atoms with van der Waals surface area (Å²) in [4.78, 5) is 19.2. The number of ether oxygens (including phenoxy) is 2. The number of nitrogens with zero attached hydrogens (tertiary/aromatic N) is 6. The molecular formula is C28H33N7O3. The van der Waals surface area contributed by atoms with E-state index in [1.54, 1.807) is 12.1 Å². The van der Waals surface area contributed by atoms with Crippen LogP contribution in [0.3, 0.4) is 0 Å². The number of fused-ring (bicyclic) bond motifs is 2. The van der Waals surface area contributed by atoms with Gasteiger partial charge in [0.25, 0.3) is 0 Å². The molecule has 1 fully saturated rings. The van der Waals surface area contributed by atoms with E-state index in [-0.39, 0.29) is 11.8 Å². The van der Waals surface area contributed by atoms with Crippen LogP contribution in [0, 0.1) is 0 Å². The molecule has 0 aliphatic carbocycles. The number of benzene rings is 2. The second-order valence-electron chi connectivity index (χ2n) is 10.1. The topological polar surface area (TPSA) is 101 Å². The predicted molar refractivity (Wildman–Crippen MR) is 146 cm³/mol. The molecule has 2 aromatic carbocycles. The fourth-order valence-electron chi connectivity index (χ4n) is 4.94. The summed E-state index contributed by atoms with van der Waals surface area (Å²) in [5.74, 6) is 3.41. The van der Waals surface area contributed by atoms with Gasteiger partial charge in [-0.2, -0.15) is 9.97 Å². The van der Waals surface area contributed by atoms with E-state index in [0.29, 0.717) is 13.3 Å². The molecule has 2 N–H and O–H groups in total. The van der Waals surface area contributed by atoms with Crippen LogP contribution in [-0.4, -0.2) is 69.0 Å². The average molecular weight is 516 g/mol. The van der Waals surface area contributed by atoms with Crippen LogP contribution in [0.1, 0.15) is 31.0 Å². The normalized spacial score (nSPS) is 15.5. The van der Waals surface area contributed by atoms with Gasteiger partial charge in [-0.3, -0.25) is 4.90 Å². The van der Waals surface area contributed by atoms with Crippen molar-refractivity contribution in [1.29, 1.82) is 0 Å². The van der Waals surface area contributed by atoms with Gasteiger partial charge in [-0.15, -0.1) is 0 Å². The summed E-state index contributed by atoms with van der Waals surface area (Å²) in [7, 11) is 0. The third-order valence-electron chi connectivity index (χ3n) is 7.11. The summed E-state index contributed by atoms with van der Waals surface area (Å²) >= 11 is 0. The molecule has 0 unspecified atom stereocenters. The monoisotopic (exact) mass is 515 g/mol. The number of nitrogens with one attached hydrogen (secondary N) is 1. The number of piperazine rings is 1. The van der Waals surface area contributed by atoms with Crippen molar-refractivity contribution < 1.29 is 14.6 Å². The third-order valence-corrected chi connectivity index (χ3v) is 7.11. The molecule has 6 rings (SSSR count). The lowest BCUT2D eigenvalue weighted by atomic mass is 10.1. The van der Waals surface area contributed by atoms with E-state index in [0.717, 1.165) is 79.1 Å². The van der Waals surface area contributed by atoms with Crippen LogP contribution in [0.25, 0.3) is 11.2 Å². The first-order valence-electron chi connectivity index (χ1n) is 13.2. The quantitative estimate of drug-likeness (QED) is 0.363. The summed E-state index contributed by atoms with van der Waals surface area (Å²) in [6.07, 6.45) is 2.66. The molecule has 1 saturated heterocycles. The van der Waals surface area contributed by atoms with Gasteiger partial charge in [0.2, 0.25) is 12.7 Å². The maximum Gasteiger partial charge on any atom is 0.231 e. The fraction of sp³-hybridized carbons (Fsp3) is 0.393. The molecule has 0 spiro atoms. The van der Waals surface area contributed by atoms with Gasteiger partial charge in [-0.05, 0) is 55.7 Å². The smallest absolute Gasteiger partial charge is 0.231 e. The minimum absolute atomic E-state index is 0.242. The number of aromatic hydroxyl groups is 1. The van der Waals surface area contributed by atoms with Crippen LogP contribution in [0.4, 0.5) is 11.8 Å². The lowest BCUT2D eigenvalue weighted by Gasteiger charge is -2.35. The Balaban J connectivity index is 1.16. The molecule has 198 valence electrons. The van der Waals surface area contributed by atoms with Gasteiger partial charge in [0.05, 0.1) is 6.33 Å². The minimum atomic E-state index is 0.242. The van der Waals surface area contributed by atoms with Gasteiger partial charge in [-0.25, -0.2) is 4.98 Å². The van der Waals surface area contributed by atoms with Crippen LogP contribution in [0.15, 0.2) is 48.8 Å². The average Bonchev–Trinajstić information content (AvgIpc) is 3.57. The molecule has 2 aliphatic heterocycles. The van der Waals surface area contributed by atoms with Gasteiger partial charge in [0.1, 0.15) is 5.75 Å². The number of phenolic OH excluding ortho intramolecular Hbond substituents is 1. The van der Waals surface area contributed by atoms with Gasteiger partial charge >= 0.3 is 0 Å². The Morgan fingerprint density at radius 2 is 1.71 bits per heavy atom. The second kappa shape index (κ2) is 10.4. The third kappa shape index (κ3) is 5.04. The van der Waals surface area contributed by atoms with Crippen molar-refractivity contribution in [1.82, 2.24) is 24.4 Å². The van der Waals surface area contributed by atoms with Crippen molar-refractivity contribution in [2.24, 2.45) is 0 Å². The maximum absolute atomic E-state index is 9.54. The first-order chi connectivity index (χ1) is 18.5. The van der Waals surface area contributed by atoms with Crippen molar-refractivity contribution in [3.63, 3.8) is 0 Å². The molecule has 10 nitrogen and oxygen atoms in total. The van der Waals surface area contributed by atoms with Gasteiger partial charge in [0.15, 0.2) is 28.5 Å². The molecule has 0 atom stereocenters. The summed E-state index contributed by atoms with van der Waals surface area (Å²) in [6.45, 7) is 9.67. The number of rotatable bonds is 8. The van der Waals surface area contributed by atoms with Gasteiger partial charge < -0.3 is 29.4 Å². The largest absolute Gasteiger partial charge is 0.508 e. The Hall–Kier alpha value is -4.05. The highest BCUT2D eigenvalue weighted by atomic mass is 16.7. The Kier molecular flexibility index (Phi) is 6.63. The fourth-order valence-corrected chi connectivity index (χ4v) is 4.94. The first-order valence-corrected chi connectivity index (χ1v) is 13.2. The van der Waals surface area contributed by atoms with Crippen molar-refractivity contribution >= 4 is 22.9 Å². The Labute approximate surface area is 221 Å². The SMILES string of the molecule is CC(C)n1cnc2c(NCCc3ccc(O)cc3)nc(N3CCN(Cc4ccc5c(c4)OCO5)CC3)nc21. The van der Waals surface area contributed by atoms with Crippen molar-refractivity contribution in [2.75, 3.05) is 49.7 Å². The summed E-state index contributed by atoms with van der Waals surface area (Å²) in [6, 6.07) is 13.7. The van der Waals surface area contributed by atoms with E-state index < -0.39 is 0 Å². The molecule has 2 aromatic heterocycles. The van der Waals surface area contributed by atoms with E-state index in [1.807, 2.05) is 24.5 Å². The maximum atomic E-state index is 9.54. The molecule has 0 amide bonds. The zero-order valence-electron chi connectivity index (χ0n) is 21.8. The highest BCUT2D eigenvalue weighted by Gasteiger charge is 2.23. The number of hydrogen-bond acceptors (Lipinski definition) is 9. The molecule has 10 heteroatoms. The van der Waals surface area contributed by atoms with E-state index in [9.17, 15) is 5.11 Å². The predicted octanol–water partition coefficient (Wildman–Crippen LogP) is 3.82. The number of imidazole rings is 1. The highest BCUT2D eigenvalue weighted by molar-refractivity contribution is 5.84. The molecular weight excluding hydrogens is 482 g/mol. The van der Waals surface area contributed by atoms with Crippen molar-refractivity contribution in [3.05, 3.63) is 59.9 Å². The van der Waals surface area contributed by atoms with Crippen LogP contribution in [-0.2, 0) is 13.0 Å². The molecule has 4 aromatic rings. The Morgan fingerprint density at radius 3 is 2.50 bits per heavy atom. The molecule has 0 radical (unpaired) electrons. The summed E-state index contributed by atoms with van der Waals surface area (Å²) in [5.41, 5.74) is 4.00. The highest BCUT2D eigenvalue weighted by Crippen LogP contribution is 2.33. The molecule has 38 heavy (non-hydrogen) atoms. The number of aromatic nitrogens is 4. The molecule has 4 heterocycles. The van der Waals surface area contributed by atoms with Crippen LogP contribution >= 0.6 is 0 Å². The van der Waals surface area contributed by atoms with Crippen LogP contribution in [0.2, 0.25) is 0 Å². The van der Waals surface area contributed by atoms with Crippen molar-refractivity contribution in [3.8, 4) is 17.2 Å². The number of anilines is 2. The number of phenols is 1. The van der Waals surface area contributed by atoms with Gasteiger partial charge in [-0.1, -0.05) is 18.2 Å². The lowest BCUT2D eigenvalue weighted by molar-refractivity contribution is 0.174. The molecule has 0 saturated carbocycles. The first kappa shape index (κ1) is 24.3. The number of hydrogen-bond donors (Lipinski definition) is 2. The van der Waals surface area contributed by atoms with Crippen molar-refractivity contribution in [2.45, 2.75) is 32.9 Å². The van der Waals surface area contributed by atoms with Crippen LogP contribution < -0.4 is 19.7 Å².